The third-order valence-corrected chi connectivity index (χ3v) is 8.11. The lowest BCUT2D eigenvalue weighted by Crippen LogP contribution is -2.27. The Labute approximate surface area is 201 Å². The second-order valence-corrected chi connectivity index (χ2v) is 11.6. The minimum atomic E-state index is -3.77. The van der Waals surface area contributed by atoms with Crippen LogP contribution in [0.5, 0.6) is 0 Å². The Morgan fingerprint density at radius 2 is 1.12 bits per heavy atom. The summed E-state index contributed by atoms with van der Waals surface area (Å²) in [6.45, 7) is 4.16. The molecule has 1 aromatic carbocycles. The fraction of sp³-hybridized carbons (Fsp3) is 0.731. The Bertz CT molecular complexity index is 702. The highest BCUT2D eigenvalue weighted by Crippen LogP contribution is 2.16. The number of nitrogens with one attached hydrogen (secondary N) is 1. The Morgan fingerprint density at radius 3 is 1.56 bits per heavy atom. The third kappa shape index (κ3) is 14.9. The first kappa shape index (κ1) is 29.0. The minimum Gasteiger partial charge on any atom is -0.261 e. The van der Waals surface area contributed by atoms with Gasteiger partial charge in [-0.2, -0.15) is 0 Å². The second-order valence-electron chi connectivity index (χ2n) is 8.86. The Kier molecular flexibility index (Phi) is 16.7. The van der Waals surface area contributed by atoms with Crippen LogP contribution < -0.4 is 4.72 Å². The first-order valence-electron chi connectivity index (χ1n) is 12.7. The van der Waals surface area contributed by atoms with Gasteiger partial charge in [0.1, 0.15) is 0 Å². The van der Waals surface area contributed by atoms with Gasteiger partial charge in [-0.05, 0) is 25.5 Å². The fourth-order valence-electron chi connectivity index (χ4n) is 3.73. The third-order valence-electron chi connectivity index (χ3n) is 5.78. The van der Waals surface area contributed by atoms with Crippen molar-refractivity contribution in [2.45, 2.75) is 121 Å². The van der Waals surface area contributed by atoms with E-state index in [0.717, 1.165) is 30.2 Å². The maximum atomic E-state index is 12.2. The Morgan fingerprint density at radius 1 is 0.719 bits per heavy atom. The van der Waals surface area contributed by atoms with Crippen molar-refractivity contribution in [3.05, 3.63) is 29.8 Å². The molecule has 0 heterocycles. The summed E-state index contributed by atoms with van der Waals surface area (Å²) in [5.74, 6) is 0.660. The van der Waals surface area contributed by atoms with Crippen LogP contribution in [0.4, 0.5) is 4.79 Å². The molecule has 4 nitrogen and oxygen atoms in total. The molecule has 0 radical (unpaired) electrons. The molecule has 1 rings (SSSR count). The van der Waals surface area contributed by atoms with E-state index in [-0.39, 0.29) is 4.90 Å². The number of hydrogen-bond acceptors (Lipinski definition) is 4. The molecule has 1 aromatic rings. The average molecular weight is 484 g/mol. The summed E-state index contributed by atoms with van der Waals surface area (Å²) < 4.78 is 26.5. The Hall–Kier alpha value is -1.01. The fourth-order valence-corrected chi connectivity index (χ4v) is 5.66. The van der Waals surface area contributed by atoms with E-state index < -0.39 is 15.3 Å². The van der Waals surface area contributed by atoms with Gasteiger partial charge in [0, 0.05) is 5.75 Å². The predicted molar refractivity (Wildman–Crippen MR) is 139 cm³/mol. The zero-order chi connectivity index (χ0) is 23.5. The first-order valence-corrected chi connectivity index (χ1v) is 15.2. The monoisotopic (exact) mass is 483 g/mol. The van der Waals surface area contributed by atoms with Crippen LogP contribution in [0, 0.1) is 6.92 Å². The van der Waals surface area contributed by atoms with Crippen LogP contribution >= 0.6 is 11.8 Å². The Balaban J connectivity index is 1.90. The lowest BCUT2D eigenvalue weighted by Gasteiger charge is -2.07. The summed E-state index contributed by atoms with van der Waals surface area (Å²) in [5, 5.41) is -0.494. The number of aryl methyl sites for hydroxylation is 1. The van der Waals surface area contributed by atoms with Crippen LogP contribution in [0.1, 0.15) is 115 Å². The van der Waals surface area contributed by atoms with Gasteiger partial charge in [0.25, 0.3) is 15.3 Å². The number of carbonyl (C=O) groups is 1. The van der Waals surface area contributed by atoms with Gasteiger partial charge < -0.3 is 0 Å². The topological polar surface area (TPSA) is 63.2 Å². The molecule has 0 unspecified atom stereocenters. The lowest BCUT2D eigenvalue weighted by molar-refractivity contribution is 0.264. The number of benzene rings is 1. The van der Waals surface area contributed by atoms with Gasteiger partial charge in [-0.25, -0.2) is 13.1 Å². The van der Waals surface area contributed by atoms with Crippen molar-refractivity contribution in [3.63, 3.8) is 0 Å². The van der Waals surface area contributed by atoms with Gasteiger partial charge in [-0.3, -0.25) is 4.79 Å². The van der Waals surface area contributed by atoms with Gasteiger partial charge in [0.2, 0.25) is 0 Å². The van der Waals surface area contributed by atoms with Crippen molar-refractivity contribution < 1.29 is 13.2 Å². The molecule has 0 spiro atoms. The largest absolute Gasteiger partial charge is 0.292 e. The molecule has 0 aromatic heterocycles. The van der Waals surface area contributed by atoms with Gasteiger partial charge >= 0.3 is 0 Å². The lowest BCUT2D eigenvalue weighted by atomic mass is 10.0. The highest BCUT2D eigenvalue weighted by atomic mass is 32.2. The first-order chi connectivity index (χ1) is 15.5. The van der Waals surface area contributed by atoms with Crippen LogP contribution in [-0.4, -0.2) is 19.4 Å². The highest BCUT2D eigenvalue weighted by Gasteiger charge is 2.17. The van der Waals surface area contributed by atoms with Crippen molar-refractivity contribution in [1.29, 1.82) is 0 Å². The summed E-state index contributed by atoms with van der Waals surface area (Å²) in [7, 11) is -3.77. The van der Waals surface area contributed by atoms with Crippen molar-refractivity contribution in [2.75, 3.05) is 5.75 Å². The maximum Gasteiger partial charge on any atom is 0.292 e. The number of rotatable bonds is 19. The molecule has 0 saturated carbocycles. The van der Waals surface area contributed by atoms with Gasteiger partial charge in [-0.15, -0.1) is 0 Å². The van der Waals surface area contributed by atoms with Gasteiger partial charge in [-0.1, -0.05) is 133 Å². The smallest absolute Gasteiger partial charge is 0.261 e. The normalized spacial score (nSPS) is 11.6. The van der Waals surface area contributed by atoms with E-state index in [1.54, 1.807) is 12.1 Å². The van der Waals surface area contributed by atoms with E-state index >= 15 is 0 Å². The van der Waals surface area contributed by atoms with Gasteiger partial charge in [0.15, 0.2) is 0 Å². The molecule has 184 valence electrons. The predicted octanol–water partition coefficient (Wildman–Crippen LogP) is 8.39. The van der Waals surface area contributed by atoms with Crippen LogP contribution in [-0.2, 0) is 10.0 Å². The van der Waals surface area contributed by atoms with Crippen molar-refractivity contribution in [3.8, 4) is 0 Å². The van der Waals surface area contributed by atoms with Crippen LogP contribution in [0.2, 0.25) is 0 Å². The van der Waals surface area contributed by atoms with Crippen LogP contribution in [0.25, 0.3) is 0 Å². The quantitative estimate of drug-likeness (QED) is 0.201. The molecule has 1 N–H and O–H groups in total. The SMILES string of the molecule is CCCCCCCCCCCCCCCCCCSC(=O)NS(=O)(=O)c1ccc(C)cc1. The van der Waals surface area contributed by atoms with E-state index in [1.165, 1.54) is 102 Å². The van der Waals surface area contributed by atoms with Crippen LogP contribution in [0.15, 0.2) is 29.2 Å². The summed E-state index contributed by atoms with van der Waals surface area (Å²) in [5.41, 5.74) is 0.980. The molecule has 1 amide bonds. The number of unbranched alkanes of at least 4 members (excludes halogenated alkanes) is 15. The summed E-state index contributed by atoms with van der Waals surface area (Å²) in [6.07, 6.45) is 21.1. The number of sulfonamides is 1. The van der Waals surface area contributed by atoms with E-state index in [2.05, 4.69) is 11.6 Å². The summed E-state index contributed by atoms with van der Waals surface area (Å²) >= 11 is 1.06. The number of thioether (sulfide) groups is 1. The van der Waals surface area contributed by atoms with Gasteiger partial charge in [0.05, 0.1) is 4.90 Å². The van der Waals surface area contributed by atoms with E-state index in [4.69, 9.17) is 0 Å². The van der Waals surface area contributed by atoms with Crippen molar-refractivity contribution in [1.82, 2.24) is 4.72 Å². The molecular formula is C26H45NO3S2. The zero-order valence-electron chi connectivity index (χ0n) is 20.4. The molecule has 0 aliphatic heterocycles. The minimum absolute atomic E-state index is 0.124. The van der Waals surface area contributed by atoms with Crippen molar-refractivity contribution >= 4 is 27.0 Å². The molecule has 32 heavy (non-hydrogen) atoms. The molecule has 0 aliphatic carbocycles. The maximum absolute atomic E-state index is 12.2. The van der Waals surface area contributed by atoms with E-state index in [0.29, 0.717) is 5.75 Å². The number of hydrogen-bond donors (Lipinski definition) is 1. The summed E-state index contributed by atoms with van der Waals surface area (Å²) in [4.78, 5) is 12.1. The second kappa shape index (κ2) is 18.4. The van der Waals surface area contributed by atoms with E-state index in [9.17, 15) is 13.2 Å². The molecule has 0 fully saturated rings. The standard InChI is InChI=1S/C26H45NO3S2/c1-3-4-5-6-7-8-9-10-11-12-13-14-15-16-17-18-23-31-26(28)27-32(29,30)25-21-19-24(2)20-22-25/h19-22H,3-18,23H2,1-2H3,(H,27,28). The molecule has 0 aliphatic rings. The average Bonchev–Trinajstić information content (AvgIpc) is 2.76. The molecule has 0 bridgehead atoms. The highest BCUT2D eigenvalue weighted by molar-refractivity contribution is 8.14. The zero-order valence-corrected chi connectivity index (χ0v) is 22.0. The number of carbonyl (C=O) groups excluding carboxylic acids is 1. The summed E-state index contributed by atoms with van der Waals surface area (Å²) in [6, 6.07) is 6.49. The molecule has 0 saturated heterocycles. The van der Waals surface area contributed by atoms with E-state index in [1.807, 2.05) is 6.92 Å². The molecule has 6 heteroatoms. The van der Waals surface area contributed by atoms with Crippen LogP contribution in [0.3, 0.4) is 0 Å². The number of amides is 1. The molecule has 0 atom stereocenters. The van der Waals surface area contributed by atoms with Crippen molar-refractivity contribution in [2.24, 2.45) is 0 Å². The molecular weight excluding hydrogens is 438 g/mol.